The lowest BCUT2D eigenvalue weighted by atomic mass is 10.5. The maximum absolute atomic E-state index is 11.2. The minimum Gasteiger partial charge on any atom is -0.289 e. The van der Waals surface area contributed by atoms with E-state index in [4.69, 9.17) is 5.84 Å². The number of nitrogens with two attached hydrogens (primary N) is 1. The van der Waals surface area contributed by atoms with Crippen LogP contribution < -0.4 is 11.3 Å². The number of hydrogen-bond acceptors (Lipinski definition) is 7. The van der Waals surface area contributed by atoms with E-state index in [-0.39, 0.29) is 5.69 Å². The number of nitrogen functional groups attached to an aromatic ring is 1. The molecule has 0 saturated heterocycles. The highest BCUT2D eigenvalue weighted by Crippen LogP contribution is 2.12. The summed E-state index contributed by atoms with van der Waals surface area (Å²) in [6.07, 6.45) is 3.04. The lowest BCUT2D eigenvalue weighted by molar-refractivity contribution is 0.0948. The Balaban J connectivity index is 1.85. The summed E-state index contributed by atoms with van der Waals surface area (Å²) >= 11 is 1.55. The smallest absolute Gasteiger partial charge is 0.287 e. The lowest BCUT2D eigenvalue weighted by Gasteiger charge is -2.00. The van der Waals surface area contributed by atoms with Crippen LogP contribution in [0.1, 0.15) is 10.5 Å². The van der Waals surface area contributed by atoms with Gasteiger partial charge in [-0.2, -0.15) is 5.10 Å². The Kier molecular flexibility index (Phi) is 3.89. The number of carbonyl (C=O) groups is 1. The third-order valence-corrected chi connectivity index (χ3v) is 3.14. The van der Waals surface area contributed by atoms with Crippen molar-refractivity contribution in [1.29, 1.82) is 0 Å². The zero-order chi connectivity index (χ0) is 13.0. The summed E-state index contributed by atoms with van der Waals surface area (Å²) in [4.78, 5) is 15.2. The van der Waals surface area contributed by atoms with E-state index >= 15 is 0 Å². The first-order valence-electron chi connectivity index (χ1n) is 5.08. The zero-order valence-corrected chi connectivity index (χ0v) is 10.5. The first kappa shape index (κ1) is 12.5. The predicted octanol–water partition coefficient (Wildman–Crippen LogP) is -1.20. The van der Waals surface area contributed by atoms with Gasteiger partial charge in [0.1, 0.15) is 6.33 Å². The minimum absolute atomic E-state index is 0.196. The maximum Gasteiger partial charge on any atom is 0.287 e. The first-order valence-corrected chi connectivity index (χ1v) is 6.07. The molecule has 3 N–H and O–H groups in total. The van der Waals surface area contributed by atoms with Gasteiger partial charge in [0.05, 0.1) is 12.7 Å². The SMILES string of the molecule is Cn1ncnc1SCCn1cc(C(=O)NN)nn1. The second kappa shape index (κ2) is 5.60. The topological polar surface area (TPSA) is 117 Å². The van der Waals surface area contributed by atoms with Gasteiger partial charge in [0, 0.05) is 12.8 Å². The summed E-state index contributed by atoms with van der Waals surface area (Å²) in [6.45, 7) is 0.613. The maximum atomic E-state index is 11.2. The van der Waals surface area contributed by atoms with E-state index in [1.54, 1.807) is 27.3 Å². The van der Waals surface area contributed by atoms with E-state index in [1.165, 1.54) is 6.33 Å². The highest BCUT2D eigenvalue weighted by molar-refractivity contribution is 7.99. The fourth-order valence-corrected chi connectivity index (χ4v) is 2.05. The molecule has 0 aliphatic rings. The molecule has 2 rings (SSSR count). The second-order valence-corrected chi connectivity index (χ2v) is 4.42. The molecule has 1 amide bonds. The molecule has 0 radical (unpaired) electrons. The van der Waals surface area contributed by atoms with Gasteiger partial charge in [-0.3, -0.25) is 14.9 Å². The Morgan fingerprint density at radius 3 is 3.11 bits per heavy atom. The van der Waals surface area contributed by atoms with E-state index in [1.807, 2.05) is 12.5 Å². The molecule has 2 aromatic rings. The Hall–Kier alpha value is -1.94. The molecule has 2 heterocycles. The lowest BCUT2D eigenvalue weighted by Crippen LogP contribution is -2.30. The highest BCUT2D eigenvalue weighted by atomic mass is 32.2. The van der Waals surface area contributed by atoms with Crippen LogP contribution in [0.25, 0.3) is 0 Å². The van der Waals surface area contributed by atoms with Crippen molar-refractivity contribution >= 4 is 17.7 Å². The number of aromatic nitrogens is 6. The third-order valence-electron chi connectivity index (χ3n) is 2.12. The molecule has 0 spiro atoms. The number of carbonyl (C=O) groups excluding carboxylic acids is 1. The highest BCUT2D eigenvalue weighted by Gasteiger charge is 2.09. The molecule has 2 aromatic heterocycles. The molecule has 18 heavy (non-hydrogen) atoms. The van der Waals surface area contributed by atoms with Gasteiger partial charge in [-0.25, -0.2) is 15.5 Å². The first-order chi connectivity index (χ1) is 8.70. The van der Waals surface area contributed by atoms with Crippen LogP contribution in [0.15, 0.2) is 17.7 Å². The molecule has 9 nitrogen and oxygen atoms in total. The number of rotatable bonds is 5. The minimum atomic E-state index is -0.456. The van der Waals surface area contributed by atoms with Crippen LogP contribution >= 0.6 is 11.8 Å². The van der Waals surface area contributed by atoms with Gasteiger partial charge >= 0.3 is 0 Å². The van der Waals surface area contributed by atoms with Crippen molar-refractivity contribution in [2.24, 2.45) is 12.9 Å². The molecule has 96 valence electrons. The van der Waals surface area contributed by atoms with Gasteiger partial charge in [0.25, 0.3) is 5.91 Å². The largest absolute Gasteiger partial charge is 0.289 e. The van der Waals surface area contributed by atoms with Crippen LogP contribution in [0.4, 0.5) is 0 Å². The molecule has 0 aliphatic heterocycles. The molecule has 0 aromatic carbocycles. The van der Waals surface area contributed by atoms with Crippen LogP contribution in [0.3, 0.4) is 0 Å². The van der Waals surface area contributed by atoms with Crippen molar-refractivity contribution in [2.45, 2.75) is 11.7 Å². The van der Waals surface area contributed by atoms with Gasteiger partial charge < -0.3 is 0 Å². The fourth-order valence-electron chi connectivity index (χ4n) is 1.23. The Morgan fingerprint density at radius 1 is 1.61 bits per heavy atom. The average molecular weight is 268 g/mol. The number of nitrogens with zero attached hydrogens (tertiary/aromatic N) is 6. The monoisotopic (exact) mass is 268 g/mol. The van der Waals surface area contributed by atoms with Crippen molar-refractivity contribution in [3.05, 3.63) is 18.2 Å². The van der Waals surface area contributed by atoms with E-state index in [0.29, 0.717) is 6.54 Å². The molecule has 0 atom stereocenters. The van der Waals surface area contributed by atoms with Crippen molar-refractivity contribution in [3.63, 3.8) is 0 Å². The molecule has 0 aliphatic carbocycles. The van der Waals surface area contributed by atoms with Crippen LogP contribution in [0.5, 0.6) is 0 Å². The number of nitrogens with one attached hydrogen (secondary N) is 1. The zero-order valence-electron chi connectivity index (χ0n) is 9.65. The Morgan fingerprint density at radius 2 is 2.44 bits per heavy atom. The molecular weight excluding hydrogens is 256 g/mol. The quantitative estimate of drug-likeness (QED) is 0.303. The summed E-state index contributed by atoms with van der Waals surface area (Å²) in [6, 6.07) is 0. The van der Waals surface area contributed by atoms with E-state index in [9.17, 15) is 4.79 Å². The van der Waals surface area contributed by atoms with Gasteiger partial charge in [0.15, 0.2) is 10.9 Å². The Bertz CT molecular complexity index is 535. The van der Waals surface area contributed by atoms with Crippen LogP contribution in [0.2, 0.25) is 0 Å². The molecule has 0 unspecified atom stereocenters. The van der Waals surface area contributed by atoms with Gasteiger partial charge in [-0.15, -0.1) is 5.10 Å². The number of aryl methyl sites for hydroxylation is 2. The van der Waals surface area contributed by atoms with Crippen molar-refractivity contribution in [1.82, 2.24) is 35.2 Å². The second-order valence-electron chi connectivity index (χ2n) is 3.35. The summed E-state index contributed by atoms with van der Waals surface area (Å²) in [5.74, 6) is 5.29. The molecule has 0 fully saturated rings. The normalized spacial score (nSPS) is 10.6. The van der Waals surface area contributed by atoms with Gasteiger partial charge in [0.2, 0.25) is 0 Å². The number of hydrogen-bond donors (Lipinski definition) is 2. The van der Waals surface area contributed by atoms with Gasteiger partial charge in [-0.05, 0) is 0 Å². The number of thioether (sulfide) groups is 1. The predicted molar refractivity (Wildman–Crippen MR) is 63.4 cm³/mol. The summed E-state index contributed by atoms with van der Waals surface area (Å²) in [7, 11) is 1.83. The molecule has 0 bridgehead atoms. The summed E-state index contributed by atoms with van der Waals surface area (Å²) in [5, 5.41) is 12.3. The van der Waals surface area contributed by atoms with E-state index < -0.39 is 5.91 Å². The summed E-state index contributed by atoms with van der Waals surface area (Å²) in [5.41, 5.74) is 2.19. The standard InChI is InChI=1S/C8H12N8OS/c1-15-8(10-5-11-15)18-3-2-16-4-6(13-14-16)7(17)12-9/h4-5H,2-3,9H2,1H3,(H,12,17). The number of hydrazine groups is 1. The van der Waals surface area contributed by atoms with E-state index in [2.05, 4.69) is 20.4 Å². The van der Waals surface area contributed by atoms with Crippen LogP contribution in [-0.4, -0.2) is 41.4 Å². The fraction of sp³-hybridized carbons (Fsp3) is 0.375. The average Bonchev–Trinajstić information content (AvgIpc) is 2.99. The third kappa shape index (κ3) is 2.84. The van der Waals surface area contributed by atoms with Crippen molar-refractivity contribution in [3.8, 4) is 0 Å². The van der Waals surface area contributed by atoms with Gasteiger partial charge in [-0.1, -0.05) is 17.0 Å². The molecule has 0 saturated carbocycles. The number of amides is 1. The molecule has 10 heteroatoms. The Labute approximate surface area is 107 Å². The van der Waals surface area contributed by atoms with Crippen LogP contribution in [-0.2, 0) is 13.6 Å². The molecular formula is C8H12N8OS. The van der Waals surface area contributed by atoms with Crippen molar-refractivity contribution in [2.75, 3.05) is 5.75 Å². The van der Waals surface area contributed by atoms with Crippen LogP contribution in [0, 0.1) is 0 Å². The van der Waals surface area contributed by atoms with E-state index in [0.717, 1.165) is 10.9 Å². The van der Waals surface area contributed by atoms with Crippen molar-refractivity contribution < 1.29 is 4.79 Å². The summed E-state index contributed by atoms with van der Waals surface area (Å²) < 4.78 is 3.27.